The van der Waals surface area contributed by atoms with Crippen LogP contribution in [0.3, 0.4) is 0 Å². The van der Waals surface area contributed by atoms with Crippen LogP contribution in [-0.2, 0) is 19.0 Å². The normalized spacial score (nSPS) is 10.3. The molecule has 0 saturated heterocycles. The monoisotopic (exact) mass is 418 g/mol. The Bertz CT molecular complexity index is 840. The summed E-state index contributed by atoms with van der Waals surface area (Å²) in [5.74, 6) is 0.505. The zero-order chi connectivity index (χ0) is 21.9. The van der Waals surface area contributed by atoms with Crippen molar-refractivity contribution < 1.29 is 38.0 Å². The molecule has 8 nitrogen and oxygen atoms in total. The molecule has 2 aromatic carbocycles. The van der Waals surface area contributed by atoms with Crippen LogP contribution in [-0.4, -0.2) is 60.2 Å². The molecule has 162 valence electrons. The van der Waals surface area contributed by atoms with Crippen molar-refractivity contribution in [3.05, 3.63) is 42.0 Å². The van der Waals surface area contributed by atoms with Crippen LogP contribution in [0.4, 0.5) is 0 Å². The lowest BCUT2D eigenvalue weighted by Crippen LogP contribution is -2.14. The second-order valence-corrected chi connectivity index (χ2v) is 6.05. The Morgan fingerprint density at radius 2 is 1.53 bits per heavy atom. The van der Waals surface area contributed by atoms with Gasteiger partial charge in [-0.2, -0.15) is 0 Å². The summed E-state index contributed by atoms with van der Waals surface area (Å²) in [5, 5.41) is 0. The standard InChI is InChI=1S/C22H26O8/c1-25-12-13-30-20(23)10-11-29-17-9-8-15(14-16(17)22(24)28-4)21-18(26-2)6-5-7-19(21)27-3/h5-9,14H,10-13H2,1-4H3. The Kier molecular flexibility index (Phi) is 8.96. The third-order valence-corrected chi connectivity index (χ3v) is 4.22. The molecule has 2 rings (SSSR count). The Labute approximate surface area is 175 Å². The van der Waals surface area contributed by atoms with Gasteiger partial charge in [0.2, 0.25) is 0 Å². The number of esters is 2. The first kappa shape index (κ1) is 23.0. The topological polar surface area (TPSA) is 89.5 Å². The molecule has 0 spiro atoms. The molecular formula is C22H26O8. The predicted molar refractivity (Wildman–Crippen MR) is 109 cm³/mol. The van der Waals surface area contributed by atoms with E-state index < -0.39 is 11.9 Å². The summed E-state index contributed by atoms with van der Waals surface area (Å²) < 4.78 is 31.2. The largest absolute Gasteiger partial charge is 0.496 e. The van der Waals surface area contributed by atoms with Crippen LogP contribution in [0.15, 0.2) is 36.4 Å². The molecule has 0 aliphatic rings. The molecule has 0 aliphatic carbocycles. The fourth-order valence-corrected chi connectivity index (χ4v) is 2.77. The lowest BCUT2D eigenvalue weighted by Gasteiger charge is -2.16. The minimum atomic E-state index is -0.566. The van der Waals surface area contributed by atoms with Gasteiger partial charge in [-0.05, 0) is 29.8 Å². The van der Waals surface area contributed by atoms with Crippen molar-refractivity contribution >= 4 is 11.9 Å². The molecule has 0 saturated carbocycles. The highest BCUT2D eigenvalue weighted by Crippen LogP contribution is 2.39. The third kappa shape index (κ3) is 5.87. The highest BCUT2D eigenvalue weighted by Gasteiger charge is 2.19. The average molecular weight is 418 g/mol. The van der Waals surface area contributed by atoms with E-state index in [1.807, 2.05) is 6.07 Å². The van der Waals surface area contributed by atoms with Crippen LogP contribution in [0.2, 0.25) is 0 Å². The number of hydrogen-bond acceptors (Lipinski definition) is 8. The maximum atomic E-state index is 12.3. The summed E-state index contributed by atoms with van der Waals surface area (Å²) in [6.45, 7) is 0.554. The first-order chi connectivity index (χ1) is 14.5. The molecule has 0 unspecified atom stereocenters. The molecular weight excluding hydrogens is 392 g/mol. The summed E-state index contributed by atoms with van der Waals surface area (Å²) in [6.07, 6.45) is 0.0341. The Morgan fingerprint density at radius 3 is 2.13 bits per heavy atom. The molecule has 0 aliphatic heterocycles. The highest BCUT2D eigenvalue weighted by atomic mass is 16.6. The molecule has 0 fully saturated rings. The highest BCUT2D eigenvalue weighted by molar-refractivity contribution is 5.95. The van der Waals surface area contributed by atoms with Crippen molar-refractivity contribution in [1.82, 2.24) is 0 Å². The Morgan fingerprint density at radius 1 is 0.833 bits per heavy atom. The third-order valence-electron chi connectivity index (χ3n) is 4.22. The van der Waals surface area contributed by atoms with Gasteiger partial charge in [-0.25, -0.2) is 4.79 Å². The van der Waals surface area contributed by atoms with E-state index in [2.05, 4.69) is 0 Å². The minimum Gasteiger partial charge on any atom is -0.496 e. The van der Waals surface area contributed by atoms with Crippen molar-refractivity contribution in [3.63, 3.8) is 0 Å². The fraction of sp³-hybridized carbons (Fsp3) is 0.364. The van der Waals surface area contributed by atoms with E-state index in [9.17, 15) is 9.59 Å². The van der Waals surface area contributed by atoms with Crippen molar-refractivity contribution in [2.45, 2.75) is 6.42 Å². The summed E-state index contributed by atoms with van der Waals surface area (Å²) in [7, 11) is 5.93. The summed E-state index contributed by atoms with van der Waals surface area (Å²) >= 11 is 0. The number of ether oxygens (including phenoxy) is 6. The summed E-state index contributed by atoms with van der Waals surface area (Å²) in [6, 6.07) is 10.5. The second-order valence-electron chi connectivity index (χ2n) is 6.05. The van der Waals surface area contributed by atoms with E-state index >= 15 is 0 Å². The molecule has 0 atom stereocenters. The van der Waals surface area contributed by atoms with Gasteiger partial charge in [0.1, 0.15) is 29.4 Å². The molecule has 0 N–H and O–H groups in total. The van der Waals surface area contributed by atoms with Crippen LogP contribution < -0.4 is 14.2 Å². The lowest BCUT2D eigenvalue weighted by molar-refractivity contribution is -0.145. The maximum absolute atomic E-state index is 12.3. The molecule has 0 amide bonds. The van der Waals surface area contributed by atoms with E-state index in [1.54, 1.807) is 44.6 Å². The van der Waals surface area contributed by atoms with Gasteiger partial charge in [-0.3, -0.25) is 4.79 Å². The van der Waals surface area contributed by atoms with Gasteiger partial charge in [-0.15, -0.1) is 0 Å². The Balaban J connectivity index is 2.25. The van der Waals surface area contributed by atoms with Crippen LogP contribution >= 0.6 is 0 Å². The maximum Gasteiger partial charge on any atom is 0.341 e. The van der Waals surface area contributed by atoms with Gasteiger partial charge in [0.15, 0.2) is 0 Å². The predicted octanol–water partition coefficient (Wildman–Crippen LogP) is 3.12. The van der Waals surface area contributed by atoms with Gasteiger partial charge in [0, 0.05) is 7.11 Å². The average Bonchev–Trinajstić information content (AvgIpc) is 2.78. The molecule has 0 radical (unpaired) electrons. The number of carbonyl (C=O) groups is 2. The first-order valence-corrected chi connectivity index (χ1v) is 9.26. The van der Waals surface area contributed by atoms with Crippen LogP contribution in [0.5, 0.6) is 17.2 Å². The lowest BCUT2D eigenvalue weighted by atomic mass is 10.0. The summed E-state index contributed by atoms with van der Waals surface area (Å²) in [5.41, 5.74) is 1.60. The number of rotatable bonds is 11. The van der Waals surface area contributed by atoms with E-state index in [-0.39, 0.29) is 25.2 Å². The van der Waals surface area contributed by atoms with Crippen molar-refractivity contribution in [3.8, 4) is 28.4 Å². The zero-order valence-corrected chi connectivity index (χ0v) is 17.6. The van der Waals surface area contributed by atoms with Gasteiger partial charge < -0.3 is 28.4 Å². The second kappa shape index (κ2) is 11.7. The van der Waals surface area contributed by atoms with Gasteiger partial charge >= 0.3 is 11.9 Å². The van der Waals surface area contributed by atoms with Crippen LogP contribution in [0.25, 0.3) is 11.1 Å². The smallest absolute Gasteiger partial charge is 0.341 e. The number of benzene rings is 2. The van der Waals surface area contributed by atoms with Crippen LogP contribution in [0.1, 0.15) is 16.8 Å². The van der Waals surface area contributed by atoms with Crippen LogP contribution in [0, 0.1) is 0 Å². The quantitative estimate of drug-likeness (QED) is 0.406. The molecule has 30 heavy (non-hydrogen) atoms. The molecule has 0 bridgehead atoms. The first-order valence-electron chi connectivity index (χ1n) is 9.26. The number of methoxy groups -OCH3 is 4. The Hall–Kier alpha value is -3.26. The molecule has 0 aromatic heterocycles. The molecule has 8 heteroatoms. The molecule has 2 aromatic rings. The van der Waals surface area contributed by atoms with Crippen molar-refractivity contribution in [2.75, 3.05) is 48.3 Å². The van der Waals surface area contributed by atoms with E-state index in [4.69, 9.17) is 28.4 Å². The zero-order valence-electron chi connectivity index (χ0n) is 17.6. The summed E-state index contributed by atoms with van der Waals surface area (Å²) in [4.78, 5) is 24.0. The van der Waals surface area contributed by atoms with E-state index in [0.717, 1.165) is 0 Å². The van der Waals surface area contributed by atoms with E-state index in [1.165, 1.54) is 14.2 Å². The SMILES string of the molecule is COCCOC(=O)CCOc1ccc(-c2c(OC)cccc2OC)cc1C(=O)OC. The fourth-order valence-electron chi connectivity index (χ4n) is 2.77. The molecule has 0 heterocycles. The van der Waals surface area contributed by atoms with Crippen molar-refractivity contribution in [2.24, 2.45) is 0 Å². The van der Waals surface area contributed by atoms with Gasteiger partial charge in [0.05, 0.1) is 46.5 Å². The van der Waals surface area contributed by atoms with Crippen molar-refractivity contribution in [1.29, 1.82) is 0 Å². The van der Waals surface area contributed by atoms with Gasteiger partial charge in [0.25, 0.3) is 0 Å². The van der Waals surface area contributed by atoms with Gasteiger partial charge in [-0.1, -0.05) is 12.1 Å². The van der Waals surface area contributed by atoms with E-state index in [0.29, 0.717) is 35.0 Å². The number of hydrogen-bond donors (Lipinski definition) is 0. The minimum absolute atomic E-state index is 0.0341. The number of carbonyl (C=O) groups excluding carboxylic acids is 2.